The molecule has 24 heavy (non-hydrogen) atoms. The Labute approximate surface area is 159 Å². The van der Waals surface area contributed by atoms with Gasteiger partial charge in [0.05, 0.1) is 25.0 Å². The quantitative estimate of drug-likeness (QED) is 0.396. The summed E-state index contributed by atoms with van der Waals surface area (Å²) in [7, 11) is 0. The van der Waals surface area contributed by atoms with Crippen LogP contribution in [-0.2, 0) is 4.79 Å². The van der Waals surface area contributed by atoms with Crippen LogP contribution in [0, 0.1) is 0 Å². The third-order valence-corrected chi connectivity index (χ3v) is 3.63. The first-order valence-corrected chi connectivity index (χ1v) is 7.90. The highest BCUT2D eigenvalue weighted by Gasteiger charge is 2.40. The second-order valence-electron chi connectivity index (χ2n) is 6.63. The van der Waals surface area contributed by atoms with E-state index in [1.54, 1.807) is 4.90 Å². The fraction of sp³-hybridized carbons (Fsp3) is 0.867. The maximum absolute atomic E-state index is 12.4. The van der Waals surface area contributed by atoms with Crippen molar-refractivity contribution in [2.75, 3.05) is 26.2 Å². The lowest BCUT2D eigenvalue weighted by molar-refractivity contribution is -0.145. The van der Waals surface area contributed by atoms with E-state index in [4.69, 9.17) is 0 Å². The zero-order chi connectivity index (χ0) is 17.8. The first kappa shape index (κ1) is 23.3. The van der Waals surface area contributed by atoms with Crippen LogP contribution < -0.4 is 5.32 Å². The average molecular weight is 464 g/mol. The Hall–Kier alpha value is -0.740. The Kier molecular flexibility index (Phi) is 8.81. The van der Waals surface area contributed by atoms with Crippen LogP contribution in [0.25, 0.3) is 0 Å². The van der Waals surface area contributed by atoms with Crippen LogP contribution in [0.2, 0.25) is 0 Å². The molecule has 142 valence electrons. The first-order valence-electron chi connectivity index (χ1n) is 7.90. The van der Waals surface area contributed by atoms with Crippen molar-refractivity contribution in [2.45, 2.75) is 58.8 Å². The fourth-order valence-electron chi connectivity index (χ4n) is 3.03. The van der Waals surface area contributed by atoms with E-state index in [1.165, 1.54) is 0 Å². The zero-order valence-corrected chi connectivity index (χ0v) is 17.2. The number of halogens is 4. The van der Waals surface area contributed by atoms with Crippen molar-refractivity contribution < 1.29 is 18.0 Å². The highest BCUT2D eigenvalue weighted by molar-refractivity contribution is 14.0. The smallest absolute Gasteiger partial charge is 0.357 e. The summed E-state index contributed by atoms with van der Waals surface area (Å²) in [6, 6.07) is 0.0735. The minimum absolute atomic E-state index is 0. The summed E-state index contributed by atoms with van der Waals surface area (Å²) in [5.41, 5.74) is -0.413. The van der Waals surface area contributed by atoms with Crippen molar-refractivity contribution in [3.05, 3.63) is 0 Å². The van der Waals surface area contributed by atoms with Gasteiger partial charge in [0.15, 0.2) is 5.96 Å². The summed E-state index contributed by atoms with van der Waals surface area (Å²) in [6.07, 6.45) is -5.20. The molecule has 0 aromatic carbocycles. The molecule has 1 amide bonds. The fourth-order valence-corrected chi connectivity index (χ4v) is 3.03. The molecule has 1 aliphatic rings. The van der Waals surface area contributed by atoms with E-state index >= 15 is 0 Å². The SMILES string of the molecule is CCNC(=NCCC(F)(F)F)N1CC(=O)N(C(C)C)C(C)(C)C1.I. The van der Waals surface area contributed by atoms with E-state index in [0.29, 0.717) is 19.0 Å². The zero-order valence-electron chi connectivity index (χ0n) is 14.9. The molecule has 0 aromatic rings. The summed E-state index contributed by atoms with van der Waals surface area (Å²) < 4.78 is 36.9. The Bertz CT molecular complexity index is 452. The molecular weight excluding hydrogens is 436 g/mol. The molecule has 1 saturated heterocycles. The first-order chi connectivity index (χ1) is 10.5. The third kappa shape index (κ3) is 6.64. The summed E-state index contributed by atoms with van der Waals surface area (Å²) in [6.45, 7) is 10.5. The van der Waals surface area contributed by atoms with Gasteiger partial charge in [0.1, 0.15) is 0 Å². The maximum atomic E-state index is 12.4. The van der Waals surface area contributed by atoms with Gasteiger partial charge in [0.2, 0.25) is 5.91 Å². The van der Waals surface area contributed by atoms with Crippen molar-refractivity contribution in [3.8, 4) is 0 Å². The van der Waals surface area contributed by atoms with Gasteiger partial charge in [0, 0.05) is 19.1 Å². The van der Waals surface area contributed by atoms with Crippen molar-refractivity contribution in [2.24, 2.45) is 4.99 Å². The van der Waals surface area contributed by atoms with Crippen LogP contribution in [0.3, 0.4) is 0 Å². The highest BCUT2D eigenvalue weighted by atomic mass is 127. The molecule has 0 saturated carbocycles. The van der Waals surface area contributed by atoms with Crippen molar-refractivity contribution >= 4 is 35.8 Å². The van der Waals surface area contributed by atoms with Crippen LogP contribution in [0.5, 0.6) is 0 Å². The highest BCUT2D eigenvalue weighted by Crippen LogP contribution is 2.24. The lowest BCUT2D eigenvalue weighted by Crippen LogP contribution is -2.66. The van der Waals surface area contributed by atoms with Gasteiger partial charge >= 0.3 is 6.18 Å². The van der Waals surface area contributed by atoms with Crippen LogP contribution in [0.1, 0.15) is 41.0 Å². The number of alkyl halides is 3. The normalized spacial score (nSPS) is 18.7. The minimum atomic E-state index is -4.23. The number of rotatable bonds is 4. The van der Waals surface area contributed by atoms with Crippen molar-refractivity contribution in [3.63, 3.8) is 0 Å². The third-order valence-electron chi connectivity index (χ3n) is 3.63. The van der Waals surface area contributed by atoms with E-state index in [2.05, 4.69) is 10.3 Å². The number of carbonyl (C=O) groups is 1. The number of piperazine rings is 1. The maximum Gasteiger partial charge on any atom is 0.390 e. The van der Waals surface area contributed by atoms with E-state index in [9.17, 15) is 18.0 Å². The molecule has 0 bridgehead atoms. The average Bonchev–Trinajstić information content (AvgIpc) is 2.33. The molecule has 0 spiro atoms. The molecule has 0 unspecified atom stereocenters. The molecule has 0 aliphatic carbocycles. The van der Waals surface area contributed by atoms with Crippen LogP contribution >= 0.6 is 24.0 Å². The van der Waals surface area contributed by atoms with Gasteiger partial charge in [-0.3, -0.25) is 9.79 Å². The van der Waals surface area contributed by atoms with Gasteiger partial charge < -0.3 is 15.1 Å². The molecule has 1 heterocycles. The van der Waals surface area contributed by atoms with Gasteiger partial charge in [0.25, 0.3) is 0 Å². The molecule has 0 radical (unpaired) electrons. The molecule has 1 N–H and O–H groups in total. The number of aliphatic imine (C=N–C) groups is 1. The largest absolute Gasteiger partial charge is 0.390 e. The summed E-state index contributed by atoms with van der Waals surface area (Å²) in [4.78, 5) is 20.0. The minimum Gasteiger partial charge on any atom is -0.357 e. The predicted molar refractivity (Wildman–Crippen MR) is 99.7 cm³/mol. The lowest BCUT2D eigenvalue weighted by atomic mass is 9.96. The number of amides is 1. The molecule has 1 aliphatic heterocycles. The van der Waals surface area contributed by atoms with Crippen LogP contribution in [0.15, 0.2) is 4.99 Å². The Morgan fingerprint density at radius 1 is 1.38 bits per heavy atom. The van der Waals surface area contributed by atoms with Gasteiger partial charge in [-0.1, -0.05) is 0 Å². The number of hydrogen-bond acceptors (Lipinski definition) is 2. The van der Waals surface area contributed by atoms with E-state index in [1.807, 2.05) is 39.5 Å². The molecule has 9 heteroatoms. The standard InChI is InChI=1S/C15H27F3N4O.HI/c1-6-19-13(20-8-7-15(16,17)18)21-9-12(23)22(11(2)3)14(4,5)10-21;/h11H,6-10H2,1-5H3,(H,19,20);1H. The van der Waals surface area contributed by atoms with E-state index < -0.39 is 18.1 Å². The Morgan fingerprint density at radius 3 is 2.38 bits per heavy atom. The van der Waals surface area contributed by atoms with E-state index in [-0.39, 0.29) is 49.0 Å². The number of hydrogen-bond donors (Lipinski definition) is 1. The Morgan fingerprint density at radius 2 is 1.96 bits per heavy atom. The van der Waals surface area contributed by atoms with Gasteiger partial charge in [-0.2, -0.15) is 13.2 Å². The number of carbonyl (C=O) groups excluding carboxylic acids is 1. The predicted octanol–water partition coefficient (Wildman–Crippen LogP) is 2.85. The lowest BCUT2D eigenvalue weighted by Gasteiger charge is -2.49. The van der Waals surface area contributed by atoms with Gasteiger partial charge in [-0.05, 0) is 34.6 Å². The topological polar surface area (TPSA) is 47.9 Å². The molecule has 5 nitrogen and oxygen atoms in total. The van der Waals surface area contributed by atoms with Crippen LogP contribution in [0.4, 0.5) is 13.2 Å². The van der Waals surface area contributed by atoms with Crippen molar-refractivity contribution in [1.82, 2.24) is 15.1 Å². The Balaban J connectivity index is 0.00000529. The molecule has 0 aromatic heterocycles. The molecule has 1 rings (SSSR count). The molecule has 1 fully saturated rings. The van der Waals surface area contributed by atoms with Crippen LogP contribution in [-0.4, -0.2) is 65.6 Å². The number of guanidine groups is 1. The number of nitrogens with one attached hydrogen (secondary N) is 1. The summed E-state index contributed by atoms with van der Waals surface area (Å²) >= 11 is 0. The number of nitrogens with zero attached hydrogens (tertiary/aromatic N) is 3. The summed E-state index contributed by atoms with van der Waals surface area (Å²) in [5.74, 6) is 0.319. The second-order valence-corrected chi connectivity index (χ2v) is 6.63. The molecular formula is C15H28F3IN4O. The van der Waals surface area contributed by atoms with Crippen molar-refractivity contribution in [1.29, 1.82) is 0 Å². The second kappa shape index (κ2) is 9.10. The monoisotopic (exact) mass is 464 g/mol. The molecule has 0 atom stereocenters. The van der Waals surface area contributed by atoms with E-state index in [0.717, 1.165) is 0 Å². The summed E-state index contributed by atoms with van der Waals surface area (Å²) in [5, 5.41) is 2.98. The van der Waals surface area contributed by atoms with Gasteiger partial charge in [-0.15, -0.1) is 24.0 Å². The van der Waals surface area contributed by atoms with Gasteiger partial charge in [-0.25, -0.2) is 0 Å².